The van der Waals surface area contributed by atoms with Gasteiger partial charge in [0.05, 0.1) is 32.3 Å². The molecule has 3 aliphatic carbocycles. The van der Waals surface area contributed by atoms with Crippen LogP contribution in [0.5, 0.6) is 0 Å². The predicted molar refractivity (Wildman–Crippen MR) is 142 cm³/mol. The van der Waals surface area contributed by atoms with E-state index in [4.69, 9.17) is 4.74 Å². The third kappa shape index (κ3) is 4.00. The van der Waals surface area contributed by atoms with Crippen molar-refractivity contribution in [1.29, 1.82) is 0 Å². The number of hydrogen-bond acceptors (Lipinski definition) is 3. The van der Waals surface area contributed by atoms with Crippen molar-refractivity contribution in [3.63, 3.8) is 0 Å². The Morgan fingerprint density at radius 2 is 2.00 bits per heavy atom. The van der Waals surface area contributed by atoms with Crippen molar-refractivity contribution in [1.82, 2.24) is 5.32 Å². The lowest BCUT2D eigenvalue weighted by atomic mass is 9.46. The molecule has 1 aromatic rings. The van der Waals surface area contributed by atoms with Crippen molar-refractivity contribution >= 4 is 12.0 Å². The number of carbonyl (C=O) groups is 1. The summed E-state index contributed by atoms with van der Waals surface area (Å²) in [6, 6.07) is 8.37. The number of aliphatic hydroxyl groups excluding tert-OH is 1. The van der Waals surface area contributed by atoms with Crippen molar-refractivity contribution in [2.45, 2.75) is 70.0 Å². The smallest absolute Gasteiger partial charge is 0.421 e. The molecule has 2 bridgehead atoms. The Balaban J connectivity index is 1.42. The number of nitrogens with one attached hydrogen (secondary N) is 1. The van der Waals surface area contributed by atoms with E-state index in [1.165, 1.54) is 18.2 Å². The molecule has 1 aromatic carbocycles. The molecule has 2 aliphatic heterocycles. The number of halogens is 3. The summed E-state index contributed by atoms with van der Waals surface area (Å²) in [5, 5.41) is 13.9. The maximum absolute atomic E-state index is 14.2. The highest BCUT2D eigenvalue weighted by molar-refractivity contribution is 5.99. The fourth-order valence-electron chi connectivity index (χ4n) is 9.09. The van der Waals surface area contributed by atoms with E-state index in [2.05, 4.69) is 26.2 Å². The van der Waals surface area contributed by atoms with E-state index in [9.17, 15) is 23.1 Å². The second-order valence-electron chi connectivity index (χ2n) is 12.9. The highest BCUT2D eigenvalue weighted by atomic mass is 19.4. The third-order valence-electron chi connectivity index (χ3n) is 10.2. The molecule has 1 spiro atoms. The molecule has 0 radical (unpaired) electrons. The Kier molecular flexibility index (Phi) is 6.12. The minimum Gasteiger partial charge on any atom is -0.508 e. The topological polar surface area (TPSA) is 58.6 Å². The van der Waals surface area contributed by atoms with E-state index in [1.807, 2.05) is 0 Å². The number of benzene rings is 1. The second kappa shape index (κ2) is 8.96. The highest BCUT2D eigenvalue weighted by Gasteiger charge is 2.75. The van der Waals surface area contributed by atoms with Crippen LogP contribution in [0.1, 0.15) is 51.5 Å². The molecule has 5 nitrogen and oxygen atoms in total. The first-order valence-electron chi connectivity index (χ1n) is 14.2. The number of aliphatic hydroxyl groups is 1. The third-order valence-corrected chi connectivity index (χ3v) is 10.2. The summed E-state index contributed by atoms with van der Waals surface area (Å²) in [6.45, 7) is 6.48. The number of likely N-dealkylation sites (tertiary alicyclic amines) is 1. The van der Waals surface area contributed by atoms with Crippen molar-refractivity contribution in [3.8, 4) is 0 Å². The van der Waals surface area contributed by atoms with E-state index in [-0.39, 0.29) is 23.2 Å². The number of rotatable bonds is 5. The minimum atomic E-state index is -4.85. The first-order valence-corrected chi connectivity index (χ1v) is 14.2. The second-order valence-corrected chi connectivity index (χ2v) is 12.9. The Morgan fingerprint density at radius 1 is 1.26 bits per heavy atom. The Labute approximate surface area is 228 Å². The summed E-state index contributed by atoms with van der Waals surface area (Å²) < 4.78 is 50.3. The van der Waals surface area contributed by atoms with Crippen molar-refractivity contribution in [2.75, 3.05) is 20.1 Å². The normalized spacial score (nSPS) is 39.1. The van der Waals surface area contributed by atoms with Crippen LogP contribution in [0.3, 0.4) is 0 Å². The number of amides is 1. The summed E-state index contributed by atoms with van der Waals surface area (Å²) in [5.74, 6) is -0.574. The number of quaternary nitrogens is 1. The summed E-state index contributed by atoms with van der Waals surface area (Å²) in [4.78, 5) is 13.5. The zero-order chi connectivity index (χ0) is 27.8. The van der Waals surface area contributed by atoms with Crippen LogP contribution in [0.4, 0.5) is 13.2 Å². The zero-order valence-electron chi connectivity index (χ0n) is 22.8. The van der Waals surface area contributed by atoms with Gasteiger partial charge in [-0.25, -0.2) is 0 Å². The SMILES string of the molecule is CC(C)C[N+]1(C)CC[C@]23C4C5=C(O)C=CC4(NC(=O)C(=Cc4ccccc4)C(F)(F)F)O[C@H]2CCC[C@H]3[C@H]1C5. The van der Waals surface area contributed by atoms with Crippen molar-refractivity contribution < 1.29 is 32.3 Å². The monoisotopic (exact) mass is 543 g/mol. The number of nitrogens with zero attached hydrogens (tertiary/aromatic N) is 1. The number of alkyl halides is 3. The molecule has 2 saturated carbocycles. The van der Waals surface area contributed by atoms with Gasteiger partial charge < -0.3 is 19.6 Å². The van der Waals surface area contributed by atoms with Gasteiger partial charge in [-0.3, -0.25) is 4.79 Å². The van der Waals surface area contributed by atoms with E-state index in [0.29, 0.717) is 29.9 Å². The minimum absolute atomic E-state index is 0.177. The lowest BCUT2D eigenvalue weighted by Gasteiger charge is -2.64. The molecule has 6 rings (SSSR count). The first-order chi connectivity index (χ1) is 18.4. The number of hydrogen-bond donors (Lipinski definition) is 2. The molecule has 0 aromatic heterocycles. The lowest BCUT2D eigenvalue weighted by Crippen LogP contribution is -2.72. The molecule has 3 unspecified atom stereocenters. The van der Waals surface area contributed by atoms with E-state index in [1.54, 1.807) is 24.3 Å². The highest BCUT2D eigenvalue weighted by Crippen LogP contribution is 2.70. The number of allylic oxidation sites excluding steroid dienone is 1. The largest absolute Gasteiger partial charge is 0.508 e. The van der Waals surface area contributed by atoms with E-state index < -0.39 is 23.4 Å². The molecule has 210 valence electrons. The van der Waals surface area contributed by atoms with Crippen LogP contribution in [0.2, 0.25) is 0 Å². The van der Waals surface area contributed by atoms with Gasteiger partial charge in [0.2, 0.25) is 0 Å². The van der Waals surface area contributed by atoms with Crippen LogP contribution in [0, 0.1) is 23.2 Å². The van der Waals surface area contributed by atoms with Gasteiger partial charge in [0.1, 0.15) is 11.3 Å². The fourth-order valence-corrected chi connectivity index (χ4v) is 9.09. The number of piperidine rings is 1. The van der Waals surface area contributed by atoms with Gasteiger partial charge in [-0.05, 0) is 42.2 Å². The maximum Gasteiger partial charge on any atom is 0.421 e. The number of ether oxygens (including phenoxy) is 1. The predicted octanol–water partition coefficient (Wildman–Crippen LogP) is 5.91. The van der Waals surface area contributed by atoms with Gasteiger partial charge in [0.25, 0.3) is 5.91 Å². The molecule has 5 aliphatic rings. The van der Waals surface area contributed by atoms with Crippen molar-refractivity contribution in [2.24, 2.45) is 23.2 Å². The average Bonchev–Trinajstić information content (AvgIpc) is 3.15. The van der Waals surface area contributed by atoms with Gasteiger partial charge in [0, 0.05) is 36.0 Å². The Bertz CT molecular complexity index is 1260. The number of carbonyl (C=O) groups excluding carboxylic acids is 1. The molecule has 7 atom stereocenters. The van der Waals surface area contributed by atoms with Crippen LogP contribution in [0.25, 0.3) is 6.08 Å². The Hall–Kier alpha value is -2.58. The summed E-state index contributed by atoms with van der Waals surface area (Å²) >= 11 is 0. The van der Waals surface area contributed by atoms with E-state index >= 15 is 0 Å². The molecule has 2 saturated heterocycles. The molecule has 8 heteroatoms. The standard InChI is InChI=1S/C31H37F3N2O3/c1-19(2)18-36(3)15-14-29-22-10-7-11-26(29)39-30(13-12-25(37)21(27(29)30)17-24(22)36)35-28(38)23(31(32,33)34)16-20-8-5-4-6-9-20/h4-6,8-9,12-13,16,19,22,24,26-27H,7,10-11,14-15,17-18H2,1-3H3,(H-,35,37,38)/p+1/t22-,24+,26-,27?,29+,30?,36?/m0/s1. The molecular weight excluding hydrogens is 505 g/mol. The summed E-state index contributed by atoms with van der Waals surface area (Å²) in [5.41, 5.74) is -1.88. The molecule has 1 amide bonds. The van der Waals surface area contributed by atoms with Gasteiger partial charge in [-0.1, -0.05) is 50.6 Å². The van der Waals surface area contributed by atoms with Crippen LogP contribution < -0.4 is 5.32 Å². The fraction of sp³-hybridized carbons (Fsp3) is 0.581. The molecule has 39 heavy (non-hydrogen) atoms. The lowest BCUT2D eigenvalue weighted by molar-refractivity contribution is -0.949. The maximum atomic E-state index is 14.2. The molecule has 2 N–H and O–H groups in total. The van der Waals surface area contributed by atoms with Crippen LogP contribution >= 0.6 is 0 Å². The van der Waals surface area contributed by atoms with Gasteiger partial charge >= 0.3 is 6.18 Å². The van der Waals surface area contributed by atoms with Crippen LogP contribution in [-0.2, 0) is 9.53 Å². The summed E-state index contributed by atoms with van der Waals surface area (Å²) in [7, 11) is 2.33. The molecule has 2 heterocycles. The van der Waals surface area contributed by atoms with Crippen LogP contribution in [0.15, 0.2) is 59.4 Å². The van der Waals surface area contributed by atoms with Gasteiger partial charge in [-0.2, -0.15) is 13.2 Å². The van der Waals surface area contributed by atoms with Crippen molar-refractivity contribution in [3.05, 3.63) is 65.0 Å². The van der Waals surface area contributed by atoms with E-state index in [0.717, 1.165) is 54.9 Å². The van der Waals surface area contributed by atoms with Crippen LogP contribution in [-0.4, -0.2) is 59.7 Å². The first kappa shape index (κ1) is 26.6. The van der Waals surface area contributed by atoms with Gasteiger partial charge in [-0.15, -0.1) is 0 Å². The average molecular weight is 544 g/mol. The molecule has 4 fully saturated rings. The van der Waals surface area contributed by atoms with Gasteiger partial charge in [0.15, 0.2) is 5.72 Å². The zero-order valence-corrected chi connectivity index (χ0v) is 22.8. The Morgan fingerprint density at radius 3 is 2.69 bits per heavy atom. The quantitative estimate of drug-likeness (QED) is 0.359. The summed E-state index contributed by atoms with van der Waals surface area (Å²) in [6.07, 6.45) is 3.34. The molecular formula is C31H38F3N2O3+.